The molecule has 0 aromatic carbocycles. The monoisotopic (exact) mass is 362 g/mol. The highest BCUT2D eigenvalue weighted by Gasteiger charge is 2.27. The Morgan fingerprint density at radius 1 is 1.07 bits per heavy atom. The number of nitrogens with two attached hydrogens (primary N) is 1. The molecule has 2 aromatic heterocycles. The fourth-order valence-electron chi connectivity index (χ4n) is 4.09. The van der Waals surface area contributed by atoms with Gasteiger partial charge in [0, 0.05) is 50.2 Å². The van der Waals surface area contributed by atoms with E-state index in [0.717, 1.165) is 54.9 Å². The van der Waals surface area contributed by atoms with E-state index >= 15 is 0 Å². The number of anilines is 2. The lowest BCUT2D eigenvalue weighted by atomic mass is 10.1. The quantitative estimate of drug-likeness (QED) is 0.826. The summed E-state index contributed by atoms with van der Waals surface area (Å²) >= 11 is 0. The van der Waals surface area contributed by atoms with Gasteiger partial charge in [-0.3, -0.25) is 9.88 Å². The molecule has 0 radical (unpaired) electrons. The average molecular weight is 362 g/mol. The van der Waals surface area contributed by atoms with Crippen LogP contribution in [0, 0.1) is 18.8 Å². The molecule has 140 valence electrons. The number of piperazine rings is 1. The third-order valence-electron chi connectivity index (χ3n) is 5.54. The van der Waals surface area contributed by atoms with Crippen LogP contribution in [0.4, 0.5) is 11.8 Å². The molecule has 0 amide bonds. The van der Waals surface area contributed by atoms with E-state index in [1.165, 1.54) is 25.7 Å². The Hall–Kier alpha value is -2.65. The third-order valence-corrected chi connectivity index (χ3v) is 5.54. The first kappa shape index (κ1) is 17.7. The highest BCUT2D eigenvalue weighted by molar-refractivity contribution is 5.61. The zero-order valence-electron chi connectivity index (χ0n) is 15.9. The van der Waals surface area contributed by atoms with Crippen LogP contribution in [0.1, 0.15) is 42.5 Å². The normalized spacial score (nSPS) is 18.3. The molecule has 2 fully saturated rings. The van der Waals surface area contributed by atoms with E-state index in [1.807, 2.05) is 19.1 Å². The van der Waals surface area contributed by atoms with Crippen LogP contribution in [0.5, 0.6) is 0 Å². The lowest BCUT2D eigenvalue weighted by Crippen LogP contribution is -2.50. The summed E-state index contributed by atoms with van der Waals surface area (Å²) in [7, 11) is 0. The fraction of sp³-hybridized carbons (Fsp3) is 0.476. The number of rotatable bonds is 2. The summed E-state index contributed by atoms with van der Waals surface area (Å²) in [6.45, 7) is 6.00. The minimum absolute atomic E-state index is 0.313. The molecule has 2 N–H and O–H groups in total. The van der Waals surface area contributed by atoms with Crippen LogP contribution < -0.4 is 10.6 Å². The average Bonchev–Trinajstić information content (AvgIpc) is 3.22. The van der Waals surface area contributed by atoms with Crippen molar-refractivity contribution in [1.82, 2.24) is 19.9 Å². The van der Waals surface area contributed by atoms with E-state index in [4.69, 9.17) is 5.73 Å². The summed E-state index contributed by atoms with van der Waals surface area (Å²) < 4.78 is 0. The van der Waals surface area contributed by atoms with Gasteiger partial charge in [-0.25, -0.2) is 4.98 Å². The van der Waals surface area contributed by atoms with Gasteiger partial charge in [-0.15, -0.1) is 0 Å². The number of nitrogens with zero attached hydrogens (tertiary/aromatic N) is 5. The maximum atomic E-state index is 5.95. The number of aryl methyl sites for hydroxylation is 1. The van der Waals surface area contributed by atoms with Crippen molar-refractivity contribution in [1.29, 1.82) is 0 Å². The Morgan fingerprint density at radius 3 is 2.56 bits per heavy atom. The van der Waals surface area contributed by atoms with Gasteiger partial charge in [-0.2, -0.15) is 4.98 Å². The maximum Gasteiger partial charge on any atom is 0.222 e. The number of hydrogen-bond donors (Lipinski definition) is 1. The minimum Gasteiger partial charge on any atom is -0.368 e. The molecule has 6 heteroatoms. The van der Waals surface area contributed by atoms with Crippen molar-refractivity contribution in [2.45, 2.75) is 38.6 Å². The molecule has 4 rings (SSSR count). The van der Waals surface area contributed by atoms with E-state index in [1.54, 1.807) is 12.4 Å². The largest absolute Gasteiger partial charge is 0.368 e. The molecular formula is C21H26N6. The Bertz CT molecular complexity index is 840. The zero-order valence-corrected chi connectivity index (χ0v) is 15.9. The predicted octanol–water partition coefficient (Wildman–Crippen LogP) is 2.23. The van der Waals surface area contributed by atoms with Crippen LogP contribution in [-0.4, -0.2) is 52.1 Å². The first-order valence-corrected chi connectivity index (χ1v) is 9.76. The molecular weight excluding hydrogens is 336 g/mol. The van der Waals surface area contributed by atoms with E-state index in [0.29, 0.717) is 5.95 Å². The fourth-order valence-corrected chi connectivity index (χ4v) is 4.09. The van der Waals surface area contributed by atoms with Crippen molar-refractivity contribution in [3.8, 4) is 11.8 Å². The highest BCUT2D eigenvalue weighted by atomic mass is 15.3. The van der Waals surface area contributed by atoms with Gasteiger partial charge in [0.05, 0.1) is 11.3 Å². The summed E-state index contributed by atoms with van der Waals surface area (Å²) in [5.41, 5.74) is 8.52. The van der Waals surface area contributed by atoms with Crippen LogP contribution in [0.25, 0.3) is 0 Å². The summed E-state index contributed by atoms with van der Waals surface area (Å²) in [5, 5.41) is 0. The van der Waals surface area contributed by atoms with Crippen molar-refractivity contribution in [3.63, 3.8) is 0 Å². The van der Waals surface area contributed by atoms with Crippen molar-refractivity contribution >= 4 is 11.8 Å². The van der Waals surface area contributed by atoms with Gasteiger partial charge in [0.1, 0.15) is 5.82 Å². The second-order valence-electron chi connectivity index (χ2n) is 7.32. The summed E-state index contributed by atoms with van der Waals surface area (Å²) in [6.07, 6.45) is 8.96. The van der Waals surface area contributed by atoms with Crippen molar-refractivity contribution < 1.29 is 0 Å². The summed E-state index contributed by atoms with van der Waals surface area (Å²) in [4.78, 5) is 18.0. The molecule has 0 bridgehead atoms. The molecule has 1 saturated heterocycles. The number of nitrogen functional groups attached to an aromatic ring is 1. The first-order chi connectivity index (χ1) is 13.2. The summed E-state index contributed by atoms with van der Waals surface area (Å²) in [6, 6.07) is 4.61. The van der Waals surface area contributed by atoms with Crippen LogP contribution in [0.3, 0.4) is 0 Å². The number of aromatic nitrogens is 3. The Kier molecular flexibility index (Phi) is 5.21. The maximum absolute atomic E-state index is 5.95. The molecule has 0 unspecified atom stereocenters. The van der Waals surface area contributed by atoms with Gasteiger partial charge in [-0.1, -0.05) is 24.7 Å². The van der Waals surface area contributed by atoms with E-state index in [2.05, 4.69) is 36.6 Å². The molecule has 2 aromatic rings. The molecule has 1 aliphatic carbocycles. The van der Waals surface area contributed by atoms with Crippen molar-refractivity contribution in [2.24, 2.45) is 0 Å². The molecule has 2 aliphatic rings. The van der Waals surface area contributed by atoms with Gasteiger partial charge in [0.2, 0.25) is 5.95 Å². The SMILES string of the molecule is Cc1nc(N)nc(N2CCN(C3CCCC3)CC2)c1C#Cc1cccnc1. The van der Waals surface area contributed by atoms with Crippen LogP contribution in [-0.2, 0) is 0 Å². The van der Waals surface area contributed by atoms with Crippen LogP contribution >= 0.6 is 0 Å². The number of hydrogen-bond acceptors (Lipinski definition) is 6. The van der Waals surface area contributed by atoms with E-state index in [9.17, 15) is 0 Å². The van der Waals surface area contributed by atoms with E-state index in [-0.39, 0.29) is 0 Å². The Balaban J connectivity index is 1.56. The third kappa shape index (κ3) is 4.04. The second kappa shape index (κ2) is 7.93. The lowest BCUT2D eigenvalue weighted by Gasteiger charge is -2.39. The molecule has 0 atom stereocenters. The standard InChI is InChI=1S/C21H26N6/c1-16-19(9-8-17-5-4-10-23-15-17)20(25-21(22)24-16)27-13-11-26(12-14-27)18-6-2-3-7-18/h4-5,10,15,18H,2-3,6-7,11-14H2,1H3,(H2,22,24,25). The molecule has 6 nitrogen and oxygen atoms in total. The van der Waals surface area contributed by atoms with Crippen molar-refractivity contribution in [3.05, 3.63) is 41.3 Å². The topological polar surface area (TPSA) is 71.2 Å². The molecule has 0 spiro atoms. The first-order valence-electron chi connectivity index (χ1n) is 9.76. The summed E-state index contributed by atoms with van der Waals surface area (Å²) in [5.74, 6) is 7.62. The molecule has 1 saturated carbocycles. The number of pyridine rings is 1. The molecule has 3 heterocycles. The minimum atomic E-state index is 0.313. The second-order valence-corrected chi connectivity index (χ2v) is 7.32. The highest BCUT2D eigenvalue weighted by Crippen LogP contribution is 2.27. The van der Waals surface area contributed by atoms with Gasteiger partial charge >= 0.3 is 0 Å². The van der Waals surface area contributed by atoms with Crippen molar-refractivity contribution in [2.75, 3.05) is 36.8 Å². The van der Waals surface area contributed by atoms with Gasteiger partial charge in [0.15, 0.2) is 0 Å². The van der Waals surface area contributed by atoms with Crippen LogP contribution in [0.2, 0.25) is 0 Å². The van der Waals surface area contributed by atoms with E-state index < -0.39 is 0 Å². The van der Waals surface area contributed by atoms with Gasteiger partial charge in [0.25, 0.3) is 0 Å². The van der Waals surface area contributed by atoms with Gasteiger partial charge < -0.3 is 10.6 Å². The van der Waals surface area contributed by atoms with Crippen LogP contribution in [0.15, 0.2) is 24.5 Å². The smallest absolute Gasteiger partial charge is 0.222 e. The molecule has 27 heavy (non-hydrogen) atoms. The zero-order chi connectivity index (χ0) is 18.6. The Labute approximate surface area is 160 Å². The predicted molar refractivity (Wildman–Crippen MR) is 107 cm³/mol. The van der Waals surface area contributed by atoms with Gasteiger partial charge in [-0.05, 0) is 31.9 Å². The Morgan fingerprint density at radius 2 is 1.85 bits per heavy atom. The lowest BCUT2D eigenvalue weighted by molar-refractivity contribution is 0.187. The molecule has 1 aliphatic heterocycles.